The molecule has 0 atom stereocenters. The topological polar surface area (TPSA) is 54.5 Å². The number of nitrogens with one attached hydrogen (secondary N) is 1. The minimum absolute atomic E-state index is 0.0361. The molecule has 0 saturated heterocycles. The Hall–Kier alpha value is -3.64. The van der Waals surface area contributed by atoms with E-state index in [-0.39, 0.29) is 5.91 Å². The summed E-state index contributed by atoms with van der Waals surface area (Å²) in [6.07, 6.45) is 0. The number of carbonyl (C=O) groups is 1. The highest BCUT2D eigenvalue weighted by Gasteiger charge is 2.14. The monoisotopic (exact) mass is 499 g/mol. The third kappa shape index (κ3) is 7.18. The molecular weight excluding hydrogens is 466 g/mol. The van der Waals surface area contributed by atoms with E-state index < -0.39 is 0 Å². The van der Waals surface area contributed by atoms with Crippen LogP contribution in [-0.4, -0.2) is 30.6 Å². The SMILES string of the molecule is Cc1ccc(-c2csc(N(CCOc3ccccc3)Cc3ccc(C(=O)NCC(C)C)cc3)n2)cc1. The molecule has 0 radical (unpaired) electrons. The van der Waals surface area contributed by atoms with E-state index in [9.17, 15) is 4.79 Å². The lowest BCUT2D eigenvalue weighted by Crippen LogP contribution is -2.28. The van der Waals surface area contributed by atoms with Crippen molar-refractivity contribution in [2.45, 2.75) is 27.3 Å². The fourth-order valence-corrected chi connectivity index (χ4v) is 4.54. The van der Waals surface area contributed by atoms with Crippen molar-refractivity contribution >= 4 is 22.4 Å². The molecule has 0 saturated carbocycles. The average molecular weight is 500 g/mol. The summed E-state index contributed by atoms with van der Waals surface area (Å²) in [7, 11) is 0. The number of hydrogen-bond donors (Lipinski definition) is 1. The molecule has 186 valence electrons. The molecule has 1 N–H and O–H groups in total. The summed E-state index contributed by atoms with van der Waals surface area (Å²) in [5.41, 5.74) is 5.10. The van der Waals surface area contributed by atoms with Crippen molar-refractivity contribution in [3.8, 4) is 17.0 Å². The lowest BCUT2D eigenvalue weighted by Gasteiger charge is -2.22. The number of carbonyl (C=O) groups excluding carboxylic acids is 1. The Bertz CT molecular complexity index is 1240. The van der Waals surface area contributed by atoms with E-state index in [0.717, 1.165) is 27.7 Å². The Morgan fingerprint density at radius 2 is 1.72 bits per heavy atom. The van der Waals surface area contributed by atoms with Gasteiger partial charge in [0.2, 0.25) is 0 Å². The van der Waals surface area contributed by atoms with Crippen LogP contribution < -0.4 is 15.0 Å². The van der Waals surface area contributed by atoms with Crippen LogP contribution in [0.3, 0.4) is 0 Å². The Balaban J connectivity index is 1.48. The highest BCUT2D eigenvalue weighted by molar-refractivity contribution is 7.14. The van der Waals surface area contributed by atoms with Crippen molar-refractivity contribution in [1.82, 2.24) is 10.3 Å². The second kappa shape index (κ2) is 12.4. The Kier molecular flexibility index (Phi) is 8.74. The Labute approximate surface area is 217 Å². The van der Waals surface area contributed by atoms with Gasteiger partial charge in [0, 0.05) is 29.6 Å². The van der Waals surface area contributed by atoms with E-state index in [1.807, 2.05) is 54.6 Å². The van der Waals surface area contributed by atoms with Crippen molar-refractivity contribution in [3.63, 3.8) is 0 Å². The zero-order valence-electron chi connectivity index (χ0n) is 21.1. The van der Waals surface area contributed by atoms with Gasteiger partial charge in [-0.05, 0) is 42.7 Å². The van der Waals surface area contributed by atoms with Gasteiger partial charge in [-0.3, -0.25) is 4.79 Å². The predicted octanol–water partition coefficient (Wildman–Crippen LogP) is 6.59. The van der Waals surface area contributed by atoms with Crippen LogP contribution in [0.25, 0.3) is 11.3 Å². The van der Waals surface area contributed by atoms with Crippen molar-refractivity contribution in [3.05, 3.63) is 101 Å². The third-order valence-corrected chi connectivity index (χ3v) is 6.64. The van der Waals surface area contributed by atoms with Crippen LogP contribution in [0.2, 0.25) is 0 Å². The van der Waals surface area contributed by atoms with E-state index in [1.54, 1.807) is 11.3 Å². The Morgan fingerprint density at radius 1 is 1.00 bits per heavy atom. The van der Waals surface area contributed by atoms with E-state index in [1.165, 1.54) is 5.56 Å². The van der Waals surface area contributed by atoms with Gasteiger partial charge in [-0.15, -0.1) is 11.3 Å². The summed E-state index contributed by atoms with van der Waals surface area (Å²) in [6.45, 7) is 8.83. The number of nitrogens with zero attached hydrogens (tertiary/aromatic N) is 2. The van der Waals surface area contributed by atoms with Gasteiger partial charge >= 0.3 is 0 Å². The maximum Gasteiger partial charge on any atom is 0.251 e. The number of benzene rings is 3. The van der Waals surface area contributed by atoms with Crippen LogP contribution in [0.5, 0.6) is 5.75 Å². The first-order valence-corrected chi connectivity index (χ1v) is 13.2. The molecule has 36 heavy (non-hydrogen) atoms. The first-order chi connectivity index (χ1) is 17.5. The lowest BCUT2D eigenvalue weighted by atomic mass is 10.1. The first-order valence-electron chi connectivity index (χ1n) is 12.3. The fourth-order valence-electron chi connectivity index (χ4n) is 3.68. The fraction of sp³-hybridized carbons (Fsp3) is 0.267. The molecule has 0 spiro atoms. The molecule has 0 bridgehead atoms. The number of amides is 1. The van der Waals surface area contributed by atoms with Crippen LogP contribution in [0, 0.1) is 12.8 Å². The van der Waals surface area contributed by atoms with Gasteiger partial charge in [0.25, 0.3) is 5.91 Å². The molecule has 0 aliphatic carbocycles. The first kappa shape index (κ1) is 25.5. The average Bonchev–Trinajstić information content (AvgIpc) is 3.38. The summed E-state index contributed by atoms with van der Waals surface area (Å²) < 4.78 is 5.98. The van der Waals surface area contributed by atoms with Crippen molar-refractivity contribution < 1.29 is 9.53 Å². The highest BCUT2D eigenvalue weighted by Crippen LogP contribution is 2.29. The number of rotatable bonds is 11. The molecule has 0 unspecified atom stereocenters. The molecule has 1 heterocycles. The summed E-state index contributed by atoms with van der Waals surface area (Å²) in [5.74, 6) is 1.24. The number of anilines is 1. The second-order valence-electron chi connectivity index (χ2n) is 9.27. The summed E-state index contributed by atoms with van der Waals surface area (Å²) in [4.78, 5) is 19.6. The molecule has 0 fully saturated rings. The van der Waals surface area contributed by atoms with Gasteiger partial charge < -0.3 is 15.0 Å². The van der Waals surface area contributed by atoms with Crippen molar-refractivity contribution in [2.75, 3.05) is 24.6 Å². The standard InChI is InChI=1S/C30H33N3O2S/c1-22(2)19-31-29(34)26-15-11-24(12-16-26)20-33(17-18-35-27-7-5-4-6-8-27)30-32-28(21-36-30)25-13-9-23(3)10-14-25/h4-16,21-22H,17-20H2,1-3H3,(H,31,34). The van der Waals surface area contributed by atoms with E-state index in [2.05, 4.69) is 60.6 Å². The molecular formula is C30H33N3O2S. The number of hydrogen-bond acceptors (Lipinski definition) is 5. The van der Waals surface area contributed by atoms with Gasteiger partial charge in [-0.2, -0.15) is 0 Å². The molecule has 5 nitrogen and oxygen atoms in total. The van der Waals surface area contributed by atoms with Crippen LogP contribution >= 0.6 is 11.3 Å². The maximum atomic E-state index is 12.4. The maximum absolute atomic E-state index is 12.4. The van der Waals surface area contributed by atoms with E-state index >= 15 is 0 Å². The van der Waals surface area contributed by atoms with Crippen LogP contribution in [0.4, 0.5) is 5.13 Å². The molecule has 4 rings (SSSR count). The summed E-state index contributed by atoms with van der Waals surface area (Å²) in [5, 5.41) is 6.03. The molecule has 6 heteroatoms. The normalized spacial score (nSPS) is 10.9. The lowest BCUT2D eigenvalue weighted by molar-refractivity contribution is 0.0949. The largest absolute Gasteiger partial charge is 0.492 e. The number of para-hydroxylation sites is 1. The van der Waals surface area contributed by atoms with Crippen molar-refractivity contribution in [2.24, 2.45) is 5.92 Å². The van der Waals surface area contributed by atoms with Gasteiger partial charge in [-0.1, -0.05) is 74.0 Å². The molecule has 1 aromatic heterocycles. The second-order valence-corrected chi connectivity index (χ2v) is 10.1. The highest BCUT2D eigenvalue weighted by atomic mass is 32.1. The van der Waals surface area contributed by atoms with Gasteiger partial charge in [0.15, 0.2) is 5.13 Å². The van der Waals surface area contributed by atoms with Gasteiger partial charge in [-0.25, -0.2) is 4.98 Å². The Morgan fingerprint density at radius 3 is 2.42 bits per heavy atom. The number of aryl methyl sites for hydroxylation is 1. The summed E-state index contributed by atoms with van der Waals surface area (Å²) >= 11 is 1.63. The molecule has 0 aliphatic heterocycles. The van der Waals surface area contributed by atoms with Crippen LogP contribution in [-0.2, 0) is 6.54 Å². The quantitative estimate of drug-likeness (QED) is 0.253. The minimum Gasteiger partial charge on any atom is -0.492 e. The van der Waals surface area contributed by atoms with Crippen molar-refractivity contribution in [1.29, 1.82) is 0 Å². The van der Waals surface area contributed by atoms with Gasteiger partial charge in [0.1, 0.15) is 12.4 Å². The minimum atomic E-state index is -0.0361. The molecule has 0 aliphatic rings. The summed E-state index contributed by atoms with van der Waals surface area (Å²) in [6, 6.07) is 26.1. The molecule has 4 aromatic rings. The smallest absolute Gasteiger partial charge is 0.251 e. The zero-order chi connectivity index (χ0) is 25.3. The zero-order valence-corrected chi connectivity index (χ0v) is 21.9. The van der Waals surface area contributed by atoms with Crippen LogP contribution in [0.1, 0.15) is 35.3 Å². The number of thiazole rings is 1. The molecule has 3 aromatic carbocycles. The van der Waals surface area contributed by atoms with E-state index in [0.29, 0.717) is 37.7 Å². The van der Waals surface area contributed by atoms with Gasteiger partial charge in [0.05, 0.1) is 12.2 Å². The van der Waals surface area contributed by atoms with E-state index in [4.69, 9.17) is 9.72 Å². The van der Waals surface area contributed by atoms with Crippen LogP contribution in [0.15, 0.2) is 84.2 Å². The molecule has 1 amide bonds. The number of aromatic nitrogens is 1. The predicted molar refractivity (Wildman–Crippen MR) is 149 cm³/mol. The number of ether oxygens (including phenoxy) is 1. The third-order valence-electron chi connectivity index (χ3n) is 5.74.